The van der Waals surface area contributed by atoms with Crippen LogP contribution in [0.5, 0.6) is 5.75 Å². The average Bonchev–Trinajstić information content (AvgIpc) is 2.91. The van der Waals surface area contributed by atoms with Crippen molar-refractivity contribution in [1.29, 1.82) is 0 Å². The molecule has 9 heteroatoms. The number of halogens is 1. The van der Waals surface area contributed by atoms with Gasteiger partial charge in [-0.15, -0.1) is 0 Å². The summed E-state index contributed by atoms with van der Waals surface area (Å²) in [6, 6.07) is 19.2. The summed E-state index contributed by atoms with van der Waals surface area (Å²) in [6.45, 7) is 1.95. The number of carboxylic acids is 1. The largest absolute Gasteiger partial charge is 0.487 e. The van der Waals surface area contributed by atoms with Crippen LogP contribution in [0, 0.1) is 0 Å². The summed E-state index contributed by atoms with van der Waals surface area (Å²) in [5, 5.41) is 15.5. The van der Waals surface area contributed by atoms with Crippen LogP contribution >= 0.6 is 11.6 Å². The topological polar surface area (TPSA) is 131 Å². The quantitative estimate of drug-likeness (QED) is 0.278. The van der Waals surface area contributed by atoms with E-state index in [1.54, 1.807) is 31.2 Å². The normalized spacial score (nSPS) is 12.3. The summed E-state index contributed by atoms with van der Waals surface area (Å²) in [4.78, 5) is 37.2. The summed E-state index contributed by atoms with van der Waals surface area (Å²) < 4.78 is 5.93. The van der Waals surface area contributed by atoms with Crippen LogP contribution in [0.15, 0.2) is 72.8 Å². The van der Waals surface area contributed by atoms with Gasteiger partial charge in [0.1, 0.15) is 18.4 Å². The van der Waals surface area contributed by atoms with Crippen LogP contribution in [0.3, 0.4) is 0 Å². The third kappa shape index (κ3) is 8.34. The highest BCUT2D eigenvalue weighted by molar-refractivity contribution is 6.30. The molecule has 0 radical (unpaired) electrons. The molecule has 0 aliphatic heterocycles. The van der Waals surface area contributed by atoms with Crippen molar-refractivity contribution >= 4 is 35.1 Å². The third-order valence-corrected chi connectivity index (χ3v) is 6.01. The van der Waals surface area contributed by atoms with Crippen molar-refractivity contribution in [2.45, 2.75) is 44.9 Å². The molecule has 0 aliphatic carbocycles. The van der Waals surface area contributed by atoms with Crippen LogP contribution < -0.4 is 21.1 Å². The van der Waals surface area contributed by atoms with E-state index in [1.165, 1.54) is 18.2 Å². The van der Waals surface area contributed by atoms with Gasteiger partial charge in [-0.2, -0.15) is 0 Å². The van der Waals surface area contributed by atoms with Gasteiger partial charge in [-0.25, -0.2) is 4.79 Å². The van der Waals surface area contributed by atoms with Crippen molar-refractivity contribution in [2.24, 2.45) is 5.73 Å². The van der Waals surface area contributed by atoms with E-state index in [2.05, 4.69) is 10.6 Å². The van der Waals surface area contributed by atoms with Gasteiger partial charge in [0.05, 0.1) is 11.7 Å². The number of hydrogen-bond acceptors (Lipinski definition) is 5. The first-order valence-corrected chi connectivity index (χ1v) is 12.3. The van der Waals surface area contributed by atoms with Crippen molar-refractivity contribution in [3.8, 4) is 5.75 Å². The van der Waals surface area contributed by atoms with E-state index in [9.17, 15) is 19.5 Å². The fourth-order valence-electron chi connectivity index (χ4n) is 3.49. The van der Waals surface area contributed by atoms with Crippen LogP contribution in [0.4, 0.5) is 5.69 Å². The maximum Gasteiger partial charge on any atom is 0.326 e. The third-order valence-electron chi connectivity index (χ3n) is 5.75. The molecule has 0 unspecified atom stereocenters. The van der Waals surface area contributed by atoms with Gasteiger partial charge in [-0.05, 0) is 60.7 Å². The van der Waals surface area contributed by atoms with Crippen molar-refractivity contribution in [3.63, 3.8) is 0 Å². The fraction of sp³-hybridized carbons (Fsp3) is 0.250. The lowest BCUT2D eigenvalue weighted by Gasteiger charge is -2.18. The molecule has 2 amide bonds. The van der Waals surface area contributed by atoms with Gasteiger partial charge in [0.15, 0.2) is 0 Å². The predicted molar refractivity (Wildman–Crippen MR) is 143 cm³/mol. The second-order valence-electron chi connectivity index (χ2n) is 8.52. The van der Waals surface area contributed by atoms with E-state index in [4.69, 9.17) is 22.1 Å². The zero-order valence-corrected chi connectivity index (χ0v) is 21.2. The Bertz CT molecular complexity index is 1220. The second-order valence-corrected chi connectivity index (χ2v) is 8.96. The Morgan fingerprint density at radius 3 is 2.35 bits per heavy atom. The minimum absolute atomic E-state index is 0.153. The molecule has 3 aromatic rings. The molecular weight excluding hydrogens is 494 g/mol. The van der Waals surface area contributed by atoms with E-state index in [1.807, 2.05) is 30.3 Å². The number of benzene rings is 3. The lowest BCUT2D eigenvalue weighted by Crippen LogP contribution is -2.41. The van der Waals surface area contributed by atoms with Gasteiger partial charge >= 0.3 is 5.97 Å². The van der Waals surface area contributed by atoms with E-state index in [0.29, 0.717) is 23.6 Å². The Hall–Kier alpha value is -3.88. The lowest BCUT2D eigenvalue weighted by atomic mass is 10.0. The molecular formula is C28H30ClN3O5. The average molecular weight is 524 g/mol. The standard InChI is InChI=1S/C28H30ClN3O5/c1-2-22(30)27(34)31-23-15-11-20(16-25(23)37-17-19-8-12-21(29)13-9-19)26(33)32-24(28(35)36)14-10-18-6-4-3-5-7-18/h3-9,11-13,15-16,22,24H,2,10,14,17,30H2,1H3,(H,31,34)(H,32,33)(H,35,36)/t22-,24-/m0/s1. The van der Waals surface area contributed by atoms with Gasteiger partial charge < -0.3 is 26.2 Å². The molecule has 2 atom stereocenters. The molecule has 0 aromatic heterocycles. The highest BCUT2D eigenvalue weighted by atomic mass is 35.5. The van der Waals surface area contributed by atoms with Crippen molar-refractivity contribution in [3.05, 3.63) is 94.5 Å². The Morgan fingerprint density at radius 1 is 1.00 bits per heavy atom. The number of rotatable bonds is 12. The van der Waals surface area contributed by atoms with E-state index >= 15 is 0 Å². The van der Waals surface area contributed by atoms with Gasteiger partial charge in [0.2, 0.25) is 5.91 Å². The summed E-state index contributed by atoms with van der Waals surface area (Å²) in [6.07, 6.45) is 1.18. The molecule has 3 aromatic carbocycles. The monoisotopic (exact) mass is 523 g/mol. The van der Waals surface area contributed by atoms with Gasteiger partial charge in [0, 0.05) is 10.6 Å². The number of hydrogen-bond donors (Lipinski definition) is 4. The van der Waals surface area contributed by atoms with Crippen LogP contribution in [-0.4, -0.2) is 35.0 Å². The predicted octanol–water partition coefficient (Wildman–Crippen LogP) is 4.41. The number of carbonyl (C=O) groups excluding carboxylic acids is 2. The number of aryl methyl sites for hydroxylation is 1. The van der Waals surface area contributed by atoms with E-state index < -0.39 is 24.0 Å². The number of aliphatic carboxylic acids is 1. The number of anilines is 1. The molecule has 3 rings (SSSR count). The van der Waals surface area contributed by atoms with Crippen molar-refractivity contribution in [2.75, 3.05) is 5.32 Å². The molecule has 0 saturated heterocycles. The summed E-state index contributed by atoms with van der Waals surface area (Å²) in [5.41, 5.74) is 8.18. The Labute approximate surface area is 220 Å². The van der Waals surface area contributed by atoms with Crippen LogP contribution in [-0.2, 0) is 22.6 Å². The maximum atomic E-state index is 13.0. The van der Waals surface area contributed by atoms with Crippen LogP contribution in [0.25, 0.3) is 0 Å². The summed E-state index contributed by atoms with van der Waals surface area (Å²) in [5.74, 6) is -1.83. The summed E-state index contributed by atoms with van der Waals surface area (Å²) >= 11 is 5.94. The molecule has 0 spiro atoms. The minimum atomic E-state index is -1.12. The number of nitrogens with one attached hydrogen (secondary N) is 2. The number of amides is 2. The molecule has 8 nitrogen and oxygen atoms in total. The first-order chi connectivity index (χ1) is 17.8. The van der Waals surface area contributed by atoms with E-state index in [0.717, 1.165) is 11.1 Å². The molecule has 0 bridgehead atoms. The zero-order chi connectivity index (χ0) is 26.8. The van der Waals surface area contributed by atoms with Crippen molar-refractivity contribution in [1.82, 2.24) is 5.32 Å². The van der Waals surface area contributed by atoms with Gasteiger partial charge in [-0.1, -0.05) is 61.0 Å². The smallest absolute Gasteiger partial charge is 0.326 e. The van der Waals surface area contributed by atoms with Gasteiger partial charge in [0.25, 0.3) is 5.91 Å². The molecule has 0 fully saturated rings. The Balaban J connectivity index is 1.77. The van der Waals surface area contributed by atoms with Crippen molar-refractivity contribution < 1.29 is 24.2 Å². The Morgan fingerprint density at radius 2 is 1.70 bits per heavy atom. The fourth-order valence-corrected chi connectivity index (χ4v) is 3.62. The van der Waals surface area contributed by atoms with Crippen LogP contribution in [0.1, 0.15) is 41.3 Å². The molecule has 194 valence electrons. The SMILES string of the molecule is CC[C@H](N)C(=O)Nc1ccc(C(=O)N[C@@H](CCc2ccccc2)C(=O)O)cc1OCc1ccc(Cl)cc1. The first kappa shape index (κ1) is 27.7. The molecule has 0 heterocycles. The van der Waals surface area contributed by atoms with E-state index in [-0.39, 0.29) is 30.2 Å². The Kier molecular flexibility index (Phi) is 10.1. The highest BCUT2D eigenvalue weighted by Gasteiger charge is 2.22. The number of nitrogens with two attached hydrogens (primary N) is 1. The molecule has 37 heavy (non-hydrogen) atoms. The van der Waals surface area contributed by atoms with Crippen LogP contribution in [0.2, 0.25) is 5.02 Å². The number of carboxylic acid groups (broad SMARTS) is 1. The zero-order valence-electron chi connectivity index (χ0n) is 20.4. The van der Waals surface area contributed by atoms with Gasteiger partial charge in [-0.3, -0.25) is 9.59 Å². The summed E-state index contributed by atoms with van der Waals surface area (Å²) in [7, 11) is 0. The minimum Gasteiger partial charge on any atom is -0.487 e. The molecule has 5 N–H and O–H groups in total. The molecule has 0 saturated carbocycles. The molecule has 0 aliphatic rings. The number of ether oxygens (including phenoxy) is 1. The second kappa shape index (κ2) is 13.4. The maximum absolute atomic E-state index is 13.0. The lowest BCUT2D eigenvalue weighted by molar-refractivity contribution is -0.139. The highest BCUT2D eigenvalue weighted by Crippen LogP contribution is 2.28. The number of carbonyl (C=O) groups is 3. The first-order valence-electron chi connectivity index (χ1n) is 11.9.